The second kappa shape index (κ2) is 6.84. The minimum Gasteiger partial charge on any atom is -0.385 e. The number of carbonyl (C=O) groups excluding carboxylic acids is 1. The summed E-state index contributed by atoms with van der Waals surface area (Å²) in [5.74, 6) is -0.0909. The molecule has 0 aliphatic heterocycles. The van der Waals surface area contributed by atoms with Gasteiger partial charge in [0, 0.05) is 37.4 Å². The first-order valence-electron chi connectivity index (χ1n) is 7.85. The number of ether oxygens (including phenoxy) is 1. The summed E-state index contributed by atoms with van der Waals surface area (Å²) in [6.45, 7) is 3.17. The molecule has 1 N–H and O–H groups in total. The summed E-state index contributed by atoms with van der Waals surface area (Å²) in [6, 6.07) is 9.10. The van der Waals surface area contributed by atoms with E-state index >= 15 is 0 Å². The molecule has 0 spiro atoms. The SMILES string of the molecule is COCCCNC(=O)Cn1c2ccccc2c2nc(=O)cc(C)n21. The van der Waals surface area contributed by atoms with E-state index in [1.165, 1.54) is 6.07 Å². The lowest BCUT2D eigenvalue weighted by Gasteiger charge is -2.11. The van der Waals surface area contributed by atoms with Crippen molar-refractivity contribution in [3.63, 3.8) is 0 Å². The molecule has 0 fully saturated rings. The van der Waals surface area contributed by atoms with Crippen LogP contribution in [0, 0.1) is 6.92 Å². The molecule has 0 atom stereocenters. The van der Waals surface area contributed by atoms with Crippen molar-refractivity contribution in [3.05, 3.63) is 46.4 Å². The van der Waals surface area contributed by atoms with E-state index < -0.39 is 0 Å². The van der Waals surface area contributed by atoms with Crippen LogP contribution in [0.5, 0.6) is 0 Å². The fourth-order valence-corrected chi connectivity index (χ4v) is 2.86. The maximum absolute atomic E-state index is 12.3. The van der Waals surface area contributed by atoms with Gasteiger partial charge in [0.2, 0.25) is 5.91 Å². The molecule has 3 rings (SSSR count). The third kappa shape index (κ3) is 3.03. The second-order valence-electron chi connectivity index (χ2n) is 5.64. The molecule has 1 aromatic carbocycles. The normalized spacial score (nSPS) is 11.2. The zero-order valence-corrected chi connectivity index (χ0v) is 13.8. The molecule has 1 amide bonds. The Labute approximate surface area is 138 Å². The van der Waals surface area contributed by atoms with E-state index in [1.54, 1.807) is 7.11 Å². The van der Waals surface area contributed by atoms with Gasteiger partial charge in [-0.1, -0.05) is 12.1 Å². The van der Waals surface area contributed by atoms with Gasteiger partial charge in [-0.3, -0.25) is 14.3 Å². The summed E-state index contributed by atoms with van der Waals surface area (Å²) in [4.78, 5) is 28.1. The minimum atomic E-state index is -0.278. The van der Waals surface area contributed by atoms with Crippen LogP contribution in [0.4, 0.5) is 0 Å². The number of aromatic nitrogens is 3. The van der Waals surface area contributed by atoms with E-state index in [-0.39, 0.29) is 18.0 Å². The molecule has 2 aromatic heterocycles. The largest absolute Gasteiger partial charge is 0.385 e. The Kier molecular flexibility index (Phi) is 4.61. The Morgan fingerprint density at radius 1 is 1.33 bits per heavy atom. The zero-order valence-electron chi connectivity index (χ0n) is 13.8. The van der Waals surface area contributed by atoms with Crippen LogP contribution in [0.1, 0.15) is 12.1 Å². The Balaban J connectivity index is 2.00. The van der Waals surface area contributed by atoms with Gasteiger partial charge in [-0.25, -0.2) is 4.52 Å². The molecular weight excluding hydrogens is 308 g/mol. The van der Waals surface area contributed by atoms with Crippen LogP contribution in [-0.4, -0.2) is 40.3 Å². The average Bonchev–Trinajstić information content (AvgIpc) is 2.86. The van der Waals surface area contributed by atoms with Crippen molar-refractivity contribution < 1.29 is 9.53 Å². The van der Waals surface area contributed by atoms with Gasteiger partial charge in [-0.15, -0.1) is 0 Å². The maximum Gasteiger partial charge on any atom is 0.273 e. The zero-order chi connectivity index (χ0) is 17.1. The Morgan fingerprint density at radius 2 is 2.12 bits per heavy atom. The van der Waals surface area contributed by atoms with Gasteiger partial charge < -0.3 is 10.1 Å². The number of rotatable bonds is 6. The number of carbonyl (C=O) groups is 1. The van der Waals surface area contributed by atoms with E-state index in [0.717, 1.165) is 23.0 Å². The third-order valence-electron chi connectivity index (χ3n) is 3.89. The molecule has 0 unspecified atom stereocenters. The highest BCUT2D eigenvalue weighted by atomic mass is 16.5. The van der Waals surface area contributed by atoms with E-state index in [1.807, 2.05) is 40.4 Å². The van der Waals surface area contributed by atoms with Crippen molar-refractivity contribution in [3.8, 4) is 0 Å². The van der Waals surface area contributed by atoms with Gasteiger partial charge in [0.25, 0.3) is 5.56 Å². The number of nitrogens with one attached hydrogen (secondary N) is 1. The first kappa shape index (κ1) is 16.2. The fourth-order valence-electron chi connectivity index (χ4n) is 2.86. The Morgan fingerprint density at radius 3 is 2.92 bits per heavy atom. The van der Waals surface area contributed by atoms with Crippen molar-refractivity contribution >= 4 is 22.5 Å². The molecule has 0 saturated carbocycles. The van der Waals surface area contributed by atoms with Gasteiger partial charge in [0.15, 0.2) is 5.65 Å². The molecule has 0 aliphatic rings. The number of aryl methyl sites for hydroxylation is 1. The summed E-state index contributed by atoms with van der Waals surface area (Å²) in [5.41, 5.74) is 1.90. The van der Waals surface area contributed by atoms with Crippen molar-refractivity contribution in [2.45, 2.75) is 19.9 Å². The highest BCUT2D eigenvalue weighted by molar-refractivity contribution is 5.93. The highest BCUT2D eigenvalue weighted by Crippen LogP contribution is 2.21. The highest BCUT2D eigenvalue weighted by Gasteiger charge is 2.15. The molecule has 0 radical (unpaired) electrons. The summed E-state index contributed by atoms with van der Waals surface area (Å²) >= 11 is 0. The number of amides is 1. The molecule has 126 valence electrons. The first-order chi connectivity index (χ1) is 11.6. The molecular formula is C17H20N4O3. The van der Waals surface area contributed by atoms with E-state index in [9.17, 15) is 9.59 Å². The van der Waals surface area contributed by atoms with E-state index in [4.69, 9.17) is 4.74 Å². The summed E-state index contributed by atoms with van der Waals surface area (Å²) in [6.07, 6.45) is 0.767. The van der Waals surface area contributed by atoms with Gasteiger partial charge in [-0.05, 0) is 25.5 Å². The maximum atomic E-state index is 12.3. The van der Waals surface area contributed by atoms with E-state index in [0.29, 0.717) is 18.8 Å². The number of hydrogen-bond donors (Lipinski definition) is 1. The summed E-state index contributed by atoms with van der Waals surface area (Å²) in [5, 5.41) is 3.73. The lowest BCUT2D eigenvalue weighted by Crippen LogP contribution is -2.30. The number of methoxy groups -OCH3 is 1. The number of fused-ring (bicyclic) bond motifs is 3. The minimum absolute atomic E-state index is 0.0909. The van der Waals surface area contributed by atoms with Crippen molar-refractivity contribution in [2.75, 3.05) is 20.3 Å². The van der Waals surface area contributed by atoms with Crippen molar-refractivity contribution in [1.82, 2.24) is 19.5 Å². The Hall–Kier alpha value is -2.67. The fraction of sp³-hybridized carbons (Fsp3) is 0.353. The summed E-state index contributed by atoms with van der Waals surface area (Å²) in [7, 11) is 1.64. The van der Waals surface area contributed by atoms with Gasteiger partial charge in [-0.2, -0.15) is 4.98 Å². The van der Waals surface area contributed by atoms with Crippen molar-refractivity contribution in [2.24, 2.45) is 0 Å². The smallest absolute Gasteiger partial charge is 0.273 e. The molecule has 7 heteroatoms. The molecule has 0 saturated heterocycles. The van der Waals surface area contributed by atoms with Crippen LogP contribution in [0.25, 0.3) is 16.6 Å². The van der Waals surface area contributed by atoms with Crippen LogP contribution < -0.4 is 10.9 Å². The quantitative estimate of drug-likeness (QED) is 0.688. The van der Waals surface area contributed by atoms with Crippen LogP contribution in [-0.2, 0) is 16.1 Å². The van der Waals surface area contributed by atoms with Crippen molar-refractivity contribution in [1.29, 1.82) is 0 Å². The molecule has 7 nitrogen and oxygen atoms in total. The number of nitrogens with zero attached hydrogens (tertiary/aromatic N) is 3. The number of hydrogen-bond acceptors (Lipinski definition) is 4. The van der Waals surface area contributed by atoms with Gasteiger partial charge >= 0.3 is 0 Å². The standard InChI is InChI=1S/C17H20N4O3/c1-12-10-15(22)19-17-13-6-3-4-7-14(13)20(21(12)17)11-16(23)18-8-5-9-24-2/h3-4,6-7,10H,5,8-9,11H2,1-2H3,(H,18,23). The Bertz CT molecular complexity index is 942. The number of benzene rings is 1. The lowest BCUT2D eigenvalue weighted by molar-refractivity contribution is -0.121. The topological polar surface area (TPSA) is 77.6 Å². The van der Waals surface area contributed by atoms with Crippen LogP contribution in [0.3, 0.4) is 0 Å². The average molecular weight is 328 g/mol. The first-order valence-corrected chi connectivity index (χ1v) is 7.85. The molecule has 3 aromatic rings. The van der Waals surface area contributed by atoms with Gasteiger partial charge in [0.1, 0.15) is 6.54 Å². The third-order valence-corrected chi connectivity index (χ3v) is 3.89. The van der Waals surface area contributed by atoms with Crippen LogP contribution in [0.2, 0.25) is 0 Å². The lowest BCUT2D eigenvalue weighted by atomic mass is 10.2. The summed E-state index contributed by atoms with van der Waals surface area (Å²) < 4.78 is 8.64. The number of para-hydroxylation sites is 1. The van der Waals surface area contributed by atoms with Crippen LogP contribution in [0.15, 0.2) is 35.1 Å². The monoisotopic (exact) mass is 328 g/mol. The molecule has 2 heterocycles. The molecule has 24 heavy (non-hydrogen) atoms. The predicted octanol–water partition coefficient (Wildman–Crippen LogP) is 1.11. The molecule has 0 aliphatic carbocycles. The van der Waals surface area contributed by atoms with Crippen LogP contribution >= 0.6 is 0 Å². The molecule has 0 bridgehead atoms. The van der Waals surface area contributed by atoms with Gasteiger partial charge in [0.05, 0.1) is 5.52 Å². The predicted molar refractivity (Wildman–Crippen MR) is 91.2 cm³/mol. The van der Waals surface area contributed by atoms with E-state index in [2.05, 4.69) is 10.3 Å². The second-order valence-corrected chi connectivity index (χ2v) is 5.64.